The number of hydrogen-bond acceptors (Lipinski definition) is 5. The molecular weight excluding hydrogens is 492 g/mol. The van der Waals surface area contributed by atoms with Gasteiger partial charge in [-0.2, -0.15) is 0 Å². The van der Waals surface area contributed by atoms with Crippen LogP contribution in [0.5, 0.6) is 5.75 Å². The Labute approximate surface area is 215 Å². The first-order valence-electron chi connectivity index (χ1n) is 11.7. The molecule has 0 amide bonds. The van der Waals surface area contributed by atoms with Crippen LogP contribution in [0.25, 0.3) is 0 Å². The van der Waals surface area contributed by atoms with E-state index in [0.717, 1.165) is 30.8 Å². The summed E-state index contributed by atoms with van der Waals surface area (Å²) in [6, 6.07) is 35.6. The fourth-order valence-electron chi connectivity index (χ4n) is 3.67. The van der Waals surface area contributed by atoms with Crippen LogP contribution >= 0.6 is 0 Å². The molecule has 4 aromatic rings. The van der Waals surface area contributed by atoms with Crippen LogP contribution in [0.4, 0.5) is 0 Å². The molecule has 0 saturated carbocycles. The minimum Gasteiger partial charge on any atom is -0.744 e. The maximum Gasteiger partial charge on any atom is 0.199 e. The SMILES string of the molecule is Cc1ccc(S(=O)(=O)[O-])cc1.c1ccc([S+](c2ccccc2)c2ccc(OC3CCCO3)cc2)cc1. The lowest BCUT2D eigenvalue weighted by Gasteiger charge is -2.13. The van der Waals surface area contributed by atoms with E-state index in [4.69, 9.17) is 9.47 Å². The zero-order valence-corrected chi connectivity index (χ0v) is 21.6. The highest BCUT2D eigenvalue weighted by Gasteiger charge is 2.28. The third-order valence-corrected chi connectivity index (χ3v) is 8.56. The average Bonchev–Trinajstić information content (AvgIpc) is 3.40. The monoisotopic (exact) mass is 520 g/mol. The molecule has 1 unspecified atom stereocenters. The topological polar surface area (TPSA) is 75.7 Å². The van der Waals surface area contributed by atoms with Gasteiger partial charge in [0.1, 0.15) is 15.9 Å². The van der Waals surface area contributed by atoms with Gasteiger partial charge in [0, 0.05) is 6.42 Å². The third kappa shape index (κ3) is 7.21. The van der Waals surface area contributed by atoms with Crippen LogP contribution in [0.2, 0.25) is 0 Å². The van der Waals surface area contributed by atoms with Crippen LogP contribution in [0.15, 0.2) is 129 Å². The molecule has 186 valence electrons. The summed E-state index contributed by atoms with van der Waals surface area (Å²) in [6.45, 7) is 2.62. The molecular formula is C29H28O5S2. The molecule has 1 fully saturated rings. The van der Waals surface area contributed by atoms with Crippen molar-refractivity contribution in [2.24, 2.45) is 0 Å². The summed E-state index contributed by atoms with van der Waals surface area (Å²) < 4.78 is 42.6. The maximum atomic E-state index is 10.4. The zero-order valence-electron chi connectivity index (χ0n) is 19.9. The minimum absolute atomic E-state index is 0.0904. The highest BCUT2D eigenvalue weighted by atomic mass is 32.2. The van der Waals surface area contributed by atoms with Gasteiger partial charge in [0.15, 0.2) is 21.0 Å². The van der Waals surface area contributed by atoms with Gasteiger partial charge in [0.05, 0.1) is 22.4 Å². The minimum atomic E-state index is -4.27. The van der Waals surface area contributed by atoms with E-state index >= 15 is 0 Å². The van der Waals surface area contributed by atoms with Gasteiger partial charge in [-0.3, -0.25) is 0 Å². The summed E-state index contributed by atoms with van der Waals surface area (Å²) in [5, 5.41) is 0. The lowest BCUT2D eigenvalue weighted by Crippen LogP contribution is -2.13. The summed E-state index contributed by atoms with van der Waals surface area (Å²) in [4.78, 5) is 3.75. The van der Waals surface area contributed by atoms with E-state index in [9.17, 15) is 13.0 Å². The van der Waals surface area contributed by atoms with E-state index in [2.05, 4.69) is 84.9 Å². The first-order chi connectivity index (χ1) is 17.4. The van der Waals surface area contributed by atoms with E-state index in [1.807, 2.05) is 6.92 Å². The summed E-state index contributed by atoms with van der Waals surface area (Å²) in [6.07, 6.45) is 1.96. The molecule has 1 aliphatic heterocycles. The lowest BCUT2D eigenvalue weighted by molar-refractivity contribution is -0.0390. The average molecular weight is 521 g/mol. The molecule has 0 aromatic heterocycles. The van der Waals surface area contributed by atoms with Crippen molar-refractivity contribution in [1.29, 1.82) is 0 Å². The molecule has 7 heteroatoms. The van der Waals surface area contributed by atoms with Crippen molar-refractivity contribution in [3.05, 3.63) is 115 Å². The van der Waals surface area contributed by atoms with Crippen LogP contribution in [-0.2, 0) is 25.7 Å². The van der Waals surface area contributed by atoms with E-state index in [-0.39, 0.29) is 22.1 Å². The Morgan fingerprint density at radius 1 is 0.778 bits per heavy atom. The van der Waals surface area contributed by atoms with Crippen molar-refractivity contribution in [2.45, 2.75) is 45.6 Å². The molecule has 5 rings (SSSR count). The molecule has 0 bridgehead atoms. The molecule has 0 radical (unpaired) electrons. The quantitative estimate of drug-likeness (QED) is 0.224. The Bertz CT molecular complexity index is 1280. The smallest absolute Gasteiger partial charge is 0.199 e. The van der Waals surface area contributed by atoms with Gasteiger partial charge in [-0.05, 0) is 74.0 Å². The Kier molecular flexibility index (Phi) is 8.83. The molecule has 4 aromatic carbocycles. The summed E-state index contributed by atoms with van der Waals surface area (Å²) in [7, 11) is -4.38. The number of aryl methyl sites for hydroxylation is 1. The maximum absolute atomic E-state index is 10.4. The van der Waals surface area contributed by atoms with Crippen molar-refractivity contribution in [3.8, 4) is 5.75 Å². The number of hydrogen-bond donors (Lipinski definition) is 0. The standard InChI is InChI=1S/C22H21O2S.C7H8O3S/c1-3-8-19(9-4-1)25(20-10-5-2-6-11-20)21-15-13-18(14-16-21)24-22-12-7-17-23-22;1-6-2-4-7(5-3-6)11(8,9)10/h1-6,8-11,13-16,22H,7,12,17H2;2-5H,1H3,(H,8,9,10)/q+1;/p-1. The fourth-order valence-corrected chi connectivity index (χ4v) is 6.23. The summed E-state index contributed by atoms with van der Waals surface area (Å²) >= 11 is 0. The first-order valence-corrected chi connectivity index (χ1v) is 14.3. The largest absolute Gasteiger partial charge is 0.744 e. The van der Waals surface area contributed by atoms with E-state index in [0.29, 0.717) is 0 Å². The second kappa shape index (κ2) is 12.2. The van der Waals surface area contributed by atoms with Crippen molar-refractivity contribution in [3.63, 3.8) is 0 Å². The van der Waals surface area contributed by atoms with Gasteiger partial charge in [0.2, 0.25) is 0 Å². The van der Waals surface area contributed by atoms with Gasteiger partial charge in [-0.1, -0.05) is 54.1 Å². The van der Waals surface area contributed by atoms with Crippen molar-refractivity contribution >= 4 is 21.0 Å². The Balaban J connectivity index is 0.000000233. The third-order valence-electron chi connectivity index (χ3n) is 5.48. The van der Waals surface area contributed by atoms with Crippen LogP contribution in [-0.4, -0.2) is 25.9 Å². The molecule has 0 spiro atoms. The summed E-state index contributed by atoms with van der Waals surface area (Å²) in [5.41, 5.74) is 0.928. The van der Waals surface area contributed by atoms with E-state index in [1.165, 1.54) is 26.8 Å². The molecule has 1 aliphatic rings. The molecule has 0 aliphatic carbocycles. The van der Waals surface area contributed by atoms with Crippen LogP contribution < -0.4 is 4.74 Å². The van der Waals surface area contributed by atoms with Crippen LogP contribution in [0, 0.1) is 6.92 Å². The van der Waals surface area contributed by atoms with Crippen molar-refractivity contribution in [2.75, 3.05) is 6.61 Å². The molecule has 0 N–H and O–H groups in total. The van der Waals surface area contributed by atoms with E-state index < -0.39 is 10.1 Å². The van der Waals surface area contributed by atoms with Gasteiger partial charge in [0.25, 0.3) is 0 Å². The van der Waals surface area contributed by atoms with Crippen LogP contribution in [0.3, 0.4) is 0 Å². The zero-order chi connectivity index (χ0) is 25.4. The Morgan fingerprint density at radius 3 is 1.78 bits per heavy atom. The van der Waals surface area contributed by atoms with Gasteiger partial charge in [-0.15, -0.1) is 0 Å². The number of ether oxygens (including phenoxy) is 2. The molecule has 36 heavy (non-hydrogen) atoms. The van der Waals surface area contributed by atoms with Crippen molar-refractivity contribution < 1.29 is 22.4 Å². The molecule has 1 heterocycles. The predicted octanol–water partition coefficient (Wildman–Crippen LogP) is 6.20. The van der Waals surface area contributed by atoms with E-state index in [1.54, 1.807) is 12.1 Å². The molecule has 5 nitrogen and oxygen atoms in total. The molecule has 1 saturated heterocycles. The highest BCUT2D eigenvalue weighted by Crippen LogP contribution is 2.32. The normalized spacial score (nSPS) is 15.2. The summed E-state index contributed by atoms with van der Waals surface area (Å²) in [5.74, 6) is 0.875. The second-order valence-corrected chi connectivity index (χ2v) is 11.6. The fraction of sp³-hybridized carbons (Fsp3) is 0.172. The Hall–Kier alpha value is -3.10. The van der Waals surface area contributed by atoms with Gasteiger partial charge in [-0.25, -0.2) is 8.42 Å². The first kappa shape index (κ1) is 26.0. The van der Waals surface area contributed by atoms with Crippen LogP contribution in [0.1, 0.15) is 18.4 Å². The lowest BCUT2D eigenvalue weighted by atomic mass is 10.2. The Morgan fingerprint density at radius 2 is 1.31 bits per heavy atom. The van der Waals surface area contributed by atoms with Gasteiger partial charge < -0.3 is 14.0 Å². The second-order valence-electron chi connectivity index (χ2n) is 8.23. The predicted molar refractivity (Wildman–Crippen MR) is 140 cm³/mol. The van der Waals surface area contributed by atoms with Crippen molar-refractivity contribution in [1.82, 2.24) is 0 Å². The molecule has 1 atom stereocenters. The number of rotatable bonds is 6. The van der Waals surface area contributed by atoms with Gasteiger partial charge >= 0.3 is 0 Å². The number of benzene rings is 4. The highest BCUT2D eigenvalue weighted by molar-refractivity contribution is 7.97.